The Kier molecular flexibility index (Phi) is 16.9. The van der Waals surface area contributed by atoms with Crippen molar-refractivity contribution in [2.24, 2.45) is 5.92 Å². The summed E-state index contributed by atoms with van der Waals surface area (Å²) in [6.07, 6.45) is 26.1. The summed E-state index contributed by atoms with van der Waals surface area (Å²) < 4.78 is 0. The Bertz CT molecular complexity index is 238. The smallest absolute Gasteiger partial charge is 0.0438 e. The lowest BCUT2D eigenvalue weighted by Crippen LogP contribution is -2.05. The predicted octanol–water partition coefficient (Wildman–Crippen LogP) is 7.36. The molecule has 1 aliphatic carbocycles. The van der Waals surface area contributed by atoms with Crippen LogP contribution in [0.1, 0.15) is 116 Å². The maximum absolute atomic E-state index is 8.71. The lowest BCUT2D eigenvalue weighted by molar-refractivity contribution is 0.296. The molecule has 0 heterocycles. The van der Waals surface area contributed by atoms with Gasteiger partial charge in [0.15, 0.2) is 0 Å². The molecular weight excluding hydrogens is 312 g/mol. The first-order valence-electron chi connectivity index (χ1n) is 11.1. The van der Waals surface area contributed by atoms with E-state index in [0.29, 0.717) is 6.61 Å². The van der Waals surface area contributed by atoms with E-state index in [1.54, 1.807) is 0 Å². The summed E-state index contributed by atoms with van der Waals surface area (Å²) in [7, 11) is 0. The molecule has 0 amide bonds. The monoisotopic (exact) mass is 356 g/mol. The van der Waals surface area contributed by atoms with E-state index in [1.807, 2.05) is 11.8 Å². The Morgan fingerprint density at radius 3 is 1.67 bits per heavy atom. The highest BCUT2D eigenvalue weighted by Gasteiger charge is 2.12. The van der Waals surface area contributed by atoms with Crippen LogP contribution in [-0.2, 0) is 0 Å². The molecule has 0 radical (unpaired) electrons. The third-order valence-electron chi connectivity index (χ3n) is 5.57. The fourth-order valence-corrected chi connectivity index (χ4v) is 4.92. The summed E-state index contributed by atoms with van der Waals surface area (Å²) in [5.41, 5.74) is 0. The minimum atomic E-state index is 0.355. The van der Waals surface area contributed by atoms with Crippen LogP contribution in [0.25, 0.3) is 0 Å². The van der Waals surface area contributed by atoms with Gasteiger partial charge in [-0.25, -0.2) is 0 Å². The summed E-state index contributed by atoms with van der Waals surface area (Å²) in [6, 6.07) is 0. The SMILES string of the molecule is OCCCSCCCCCCCCCCCCCC1CCCCC1. The van der Waals surface area contributed by atoms with Gasteiger partial charge in [-0.3, -0.25) is 0 Å². The Hall–Kier alpha value is 0.310. The second-order valence-corrected chi connectivity index (χ2v) is 9.10. The summed E-state index contributed by atoms with van der Waals surface area (Å²) in [5.74, 6) is 3.52. The summed E-state index contributed by atoms with van der Waals surface area (Å²) >= 11 is 2.01. The molecule has 24 heavy (non-hydrogen) atoms. The van der Waals surface area contributed by atoms with Crippen LogP contribution in [0.3, 0.4) is 0 Å². The Labute approximate surface area is 156 Å². The molecule has 1 rings (SSSR count). The van der Waals surface area contributed by atoms with E-state index in [0.717, 1.165) is 18.1 Å². The van der Waals surface area contributed by atoms with Crippen LogP contribution < -0.4 is 0 Å². The third kappa shape index (κ3) is 14.6. The maximum atomic E-state index is 8.71. The molecule has 0 aromatic carbocycles. The second kappa shape index (κ2) is 18.1. The van der Waals surface area contributed by atoms with Gasteiger partial charge in [-0.05, 0) is 30.3 Å². The van der Waals surface area contributed by atoms with Crippen LogP contribution in [-0.4, -0.2) is 23.2 Å². The minimum Gasteiger partial charge on any atom is -0.396 e. The fraction of sp³-hybridized carbons (Fsp3) is 1.00. The molecule has 0 spiro atoms. The number of hydrogen-bond acceptors (Lipinski definition) is 2. The standard InChI is InChI=1S/C22H44OS/c23-19-15-21-24-20-14-9-7-5-3-1-2-4-6-8-11-16-22-17-12-10-13-18-22/h22-23H,1-21H2. The van der Waals surface area contributed by atoms with Gasteiger partial charge in [0, 0.05) is 6.61 Å². The molecule has 0 aromatic rings. The average molecular weight is 357 g/mol. The molecule has 0 atom stereocenters. The van der Waals surface area contributed by atoms with Gasteiger partial charge in [-0.15, -0.1) is 0 Å². The zero-order valence-electron chi connectivity index (χ0n) is 16.3. The summed E-state index contributed by atoms with van der Waals surface area (Å²) in [6.45, 7) is 0.355. The minimum absolute atomic E-state index is 0.355. The molecule has 1 nitrogen and oxygen atoms in total. The number of thioether (sulfide) groups is 1. The van der Waals surface area contributed by atoms with E-state index in [4.69, 9.17) is 5.11 Å². The Morgan fingerprint density at radius 2 is 1.08 bits per heavy atom. The molecule has 2 heteroatoms. The molecule has 0 bridgehead atoms. The Balaban J connectivity index is 1.66. The van der Waals surface area contributed by atoms with E-state index >= 15 is 0 Å². The fourth-order valence-electron chi connectivity index (χ4n) is 3.97. The second-order valence-electron chi connectivity index (χ2n) is 7.87. The van der Waals surface area contributed by atoms with Crippen molar-refractivity contribution in [3.63, 3.8) is 0 Å². The van der Waals surface area contributed by atoms with Gasteiger partial charge in [0.1, 0.15) is 0 Å². The molecule has 1 saturated carbocycles. The van der Waals surface area contributed by atoms with E-state index < -0.39 is 0 Å². The number of aliphatic hydroxyl groups excluding tert-OH is 1. The van der Waals surface area contributed by atoms with Crippen molar-refractivity contribution >= 4 is 11.8 Å². The van der Waals surface area contributed by atoms with Gasteiger partial charge >= 0.3 is 0 Å². The first-order chi connectivity index (χ1) is 11.9. The van der Waals surface area contributed by atoms with Gasteiger partial charge in [-0.2, -0.15) is 11.8 Å². The van der Waals surface area contributed by atoms with Crippen LogP contribution in [0.2, 0.25) is 0 Å². The quantitative estimate of drug-likeness (QED) is 0.275. The lowest BCUT2D eigenvalue weighted by Gasteiger charge is -2.21. The van der Waals surface area contributed by atoms with Crippen molar-refractivity contribution in [3.8, 4) is 0 Å². The van der Waals surface area contributed by atoms with Crippen LogP contribution >= 0.6 is 11.8 Å². The first kappa shape index (κ1) is 22.4. The van der Waals surface area contributed by atoms with Crippen LogP contribution in [0.4, 0.5) is 0 Å². The maximum Gasteiger partial charge on any atom is 0.0438 e. The number of rotatable bonds is 17. The number of unbranched alkanes of at least 4 members (excludes halogenated alkanes) is 10. The van der Waals surface area contributed by atoms with E-state index in [9.17, 15) is 0 Å². The topological polar surface area (TPSA) is 20.2 Å². The largest absolute Gasteiger partial charge is 0.396 e. The average Bonchev–Trinajstić information content (AvgIpc) is 2.62. The molecule has 1 aliphatic rings. The third-order valence-corrected chi connectivity index (χ3v) is 6.73. The molecule has 0 aromatic heterocycles. The molecule has 0 aliphatic heterocycles. The Morgan fingerprint density at radius 1 is 0.583 bits per heavy atom. The van der Waals surface area contributed by atoms with Gasteiger partial charge in [0.25, 0.3) is 0 Å². The van der Waals surface area contributed by atoms with Crippen LogP contribution in [0.15, 0.2) is 0 Å². The van der Waals surface area contributed by atoms with Crippen molar-refractivity contribution in [3.05, 3.63) is 0 Å². The summed E-state index contributed by atoms with van der Waals surface area (Å²) in [4.78, 5) is 0. The summed E-state index contributed by atoms with van der Waals surface area (Å²) in [5, 5.41) is 8.71. The van der Waals surface area contributed by atoms with Gasteiger partial charge < -0.3 is 5.11 Å². The van der Waals surface area contributed by atoms with Gasteiger partial charge in [0.05, 0.1) is 0 Å². The lowest BCUT2D eigenvalue weighted by atomic mass is 9.85. The first-order valence-corrected chi connectivity index (χ1v) is 12.3. The normalized spacial score (nSPS) is 15.9. The van der Waals surface area contributed by atoms with Crippen molar-refractivity contribution in [2.75, 3.05) is 18.1 Å². The van der Waals surface area contributed by atoms with Crippen molar-refractivity contribution < 1.29 is 5.11 Å². The number of hydrogen-bond donors (Lipinski definition) is 1. The molecular formula is C22H44OS. The van der Waals surface area contributed by atoms with Crippen molar-refractivity contribution in [1.82, 2.24) is 0 Å². The highest BCUT2D eigenvalue weighted by molar-refractivity contribution is 7.99. The molecule has 0 unspecified atom stereocenters. The molecule has 0 saturated heterocycles. The van der Waals surface area contributed by atoms with Crippen LogP contribution in [0.5, 0.6) is 0 Å². The van der Waals surface area contributed by atoms with Crippen LogP contribution in [0, 0.1) is 5.92 Å². The predicted molar refractivity (Wildman–Crippen MR) is 111 cm³/mol. The molecule has 144 valence electrons. The molecule has 1 fully saturated rings. The highest BCUT2D eigenvalue weighted by atomic mass is 32.2. The zero-order valence-corrected chi connectivity index (χ0v) is 17.1. The van der Waals surface area contributed by atoms with Gasteiger partial charge in [-0.1, -0.05) is 103 Å². The zero-order chi connectivity index (χ0) is 17.1. The number of aliphatic hydroxyl groups is 1. The molecule has 1 N–H and O–H groups in total. The van der Waals surface area contributed by atoms with Gasteiger partial charge in [0.2, 0.25) is 0 Å². The van der Waals surface area contributed by atoms with E-state index in [-0.39, 0.29) is 0 Å². The van der Waals surface area contributed by atoms with E-state index in [2.05, 4.69) is 0 Å². The van der Waals surface area contributed by atoms with E-state index in [1.165, 1.54) is 115 Å². The highest BCUT2D eigenvalue weighted by Crippen LogP contribution is 2.28. The van der Waals surface area contributed by atoms with Crippen molar-refractivity contribution in [2.45, 2.75) is 116 Å². The van der Waals surface area contributed by atoms with Crippen molar-refractivity contribution in [1.29, 1.82) is 0 Å².